The average Bonchev–Trinajstić information content (AvgIpc) is 2.85. The zero-order valence-corrected chi connectivity index (χ0v) is 15.5. The Balaban J connectivity index is 1.86. The molecule has 2 aromatic rings. The second kappa shape index (κ2) is 8.20. The Kier molecular flexibility index (Phi) is 6.26. The first kappa shape index (κ1) is 18.3. The summed E-state index contributed by atoms with van der Waals surface area (Å²) >= 11 is 0. The van der Waals surface area contributed by atoms with Crippen LogP contribution < -0.4 is 5.32 Å². The molecule has 0 radical (unpaired) electrons. The molecule has 0 spiro atoms. The number of aromatic nitrogens is 1. The molecule has 0 unspecified atom stereocenters. The van der Waals surface area contributed by atoms with E-state index in [4.69, 9.17) is 0 Å². The minimum Gasteiger partial charge on any atom is -0.343 e. The highest BCUT2D eigenvalue weighted by molar-refractivity contribution is 5.81. The fourth-order valence-corrected chi connectivity index (χ4v) is 3.08. The van der Waals surface area contributed by atoms with Gasteiger partial charge < -0.3 is 19.7 Å². The third kappa shape index (κ3) is 4.74. The Bertz CT molecular complexity index is 677. The molecule has 2 amide bonds. The SMILES string of the molecule is Cc1cc2ccccc2n1CCN(C)C(=O)NC[C@H](C)CN(C)C. The molecule has 0 saturated heterocycles. The van der Waals surface area contributed by atoms with E-state index in [1.807, 2.05) is 21.1 Å². The van der Waals surface area contributed by atoms with Gasteiger partial charge in [0.1, 0.15) is 0 Å². The molecule has 5 nitrogen and oxygen atoms in total. The van der Waals surface area contributed by atoms with Gasteiger partial charge in [0.15, 0.2) is 0 Å². The maximum absolute atomic E-state index is 12.2. The van der Waals surface area contributed by atoms with Gasteiger partial charge in [-0.25, -0.2) is 4.79 Å². The second-order valence-electron chi connectivity index (χ2n) is 6.97. The third-order valence-corrected chi connectivity index (χ3v) is 4.30. The Morgan fingerprint density at radius 1 is 1.25 bits per heavy atom. The standard InChI is InChI=1S/C19H30N4O/c1-15(14-21(3)4)13-20-19(24)22(5)10-11-23-16(2)12-17-8-6-7-9-18(17)23/h6-9,12,15H,10-11,13-14H2,1-5H3,(H,20,24)/t15-/m0/s1. The molecule has 0 aliphatic carbocycles. The van der Waals surface area contributed by atoms with E-state index in [0.29, 0.717) is 19.0 Å². The number of fused-ring (bicyclic) bond motifs is 1. The number of nitrogens with one attached hydrogen (secondary N) is 1. The smallest absolute Gasteiger partial charge is 0.317 e. The van der Waals surface area contributed by atoms with Crippen molar-refractivity contribution in [2.24, 2.45) is 5.92 Å². The van der Waals surface area contributed by atoms with Crippen molar-refractivity contribution < 1.29 is 4.79 Å². The summed E-state index contributed by atoms with van der Waals surface area (Å²) < 4.78 is 2.27. The minimum absolute atomic E-state index is 0.00489. The zero-order chi connectivity index (χ0) is 17.7. The normalized spacial score (nSPS) is 12.6. The molecule has 1 aromatic heterocycles. The van der Waals surface area contributed by atoms with E-state index < -0.39 is 0 Å². The molecule has 0 fully saturated rings. The van der Waals surface area contributed by atoms with Crippen LogP contribution in [-0.4, -0.2) is 61.2 Å². The molecule has 0 bridgehead atoms. The van der Waals surface area contributed by atoms with Gasteiger partial charge in [0.25, 0.3) is 0 Å². The predicted octanol–water partition coefficient (Wildman–Crippen LogP) is 2.79. The molecule has 5 heteroatoms. The number of rotatable bonds is 7. The molecule has 0 aliphatic rings. The fourth-order valence-electron chi connectivity index (χ4n) is 3.08. The number of urea groups is 1. The van der Waals surface area contributed by atoms with E-state index in [2.05, 4.69) is 59.0 Å². The summed E-state index contributed by atoms with van der Waals surface area (Å²) in [6.45, 7) is 7.42. The molecular weight excluding hydrogens is 300 g/mol. The maximum atomic E-state index is 12.2. The summed E-state index contributed by atoms with van der Waals surface area (Å²) in [5.74, 6) is 0.438. The number of hydrogen-bond acceptors (Lipinski definition) is 2. The first-order valence-electron chi connectivity index (χ1n) is 8.57. The number of hydrogen-bond donors (Lipinski definition) is 1. The molecule has 0 aliphatic heterocycles. The van der Waals surface area contributed by atoms with Crippen LogP contribution in [0.4, 0.5) is 4.79 Å². The number of para-hydroxylation sites is 1. The Morgan fingerprint density at radius 3 is 2.67 bits per heavy atom. The first-order chi connectivity index (χ1) is 11.4. The minimum atomic E-state index is -0.00489. The van der Waals surface area contributed by atoms with Gasteiger partial charge in [-0.05, 0) is 44.5 Å². The van der Waals surface area contributed by atoms with E-state index in [-0.39, 0.29) is 6.03 Å². The Labute approximate surface area is 145 Å². The van der Waals surface area contributed by atoms with Gasteiger partial charge in [-0.3, -0.25) is 0 Å². The highest BCUT2D eigenvalue weighted by atomic mass is 16.2. The third-order valence-electron chi connectivity index (χ3n) is 4.30. The number of nitrogens with zero attached hydrogens (tertiary/aromatic N) is 3. The number of carbonyl (C=O) groups is 1. The van der Waals surface area contributed by atoms with Gasteiger partial charge in [0.2, 0.25) is 0 Å². The molecule has 0 saturated carbocycles. The quantitative estimate of drug-likeness (QED) is 0.848. The van der Waals surface area contributed by atoms with Crippen molar-refractivity contribution in [1.29, 1.82) is 0 Å². The molecule has 24 heavy (non-hydrogen) atoms. The second-order valence-corrected chi connectivity index (χ2v) is 6.97. The van der Waals surface area contributed by atoms with Crippen LogP contribution in [0.3, 0.4) is 0 Å². The van der Waals surface area contributed by atoms with Crippen LogP contribution in [0.1, 0.15) is 12.6 Å². The van der Waals surface area contributed by atoms with Crippen molar-refractivity contribution in [2.75, 3.05) is 40.8 Å². The molecule has 1 N–H and O–H groups in total. The van der Waals surface area contributed by atoms with Gasteiger partial charge in [0, 0.05) is 44.4 Å². The van der Waals surface area contributed by atoms with Gasteiger partial charge in [-0.15, -0.1) is 0 Å². The van der Waals surface area contributed by atoms with Crippen molar-refractivity contribution in [2.45, 2.75) is 20.4 Å². The number of benzene rings is 1. The van der Waals surface area contributed by atoms with Crippen LogP contribution >= 0.6 is 0 Å². The van der Waals surface area contributed by atoms with Gasteiger partial charge >= 0.3 is 6.03 Å². The van der Waals surface area contributed by atoms with Crippen LogP contribution in [0.25, 0.3) is 10.9 Å². The highest BCUT2D eigenvalue weighted by Gasteiger charge is 2.12. The molecule has 1 atom stereocenters. The van der Waals surface area contributed by atoms with Crippen molar-refractivity contribution in [1.82, 2.24) is 19.7 Å². The van der Waals surface area contributed by atoms with Gasteiger partial charge in [-0.1, -0.05) is 25.1 Å². The number of likely N-dealkylation sites (N-methyl/N-ethyl adjacent to an activating group) is 1. The lowest BCUT2D eigenvalue weighted by molar-refractivity contribution is 0.204. The largest absolute Gasteiger partial charge is 0.343 e. The highest BCUT2D eigenvalue weighted by Crippen LogP contribution is 2.18. The fraction of sp³-hybridized carbons (Fsp3) is 0.526. The van der Waals surface area contributed by atoms with E-state index in [0.717, 1.165) is 13.1 Å². The summed E-state index contributed by atoms with van der Waals surface area (Å²) in [5.41, 5.74) is 2.45. The summed E-state index contributed by atoms with van der Waals surface area (Å²) in [6.07, 6.45) is 0. The van der Waals surface area contributed by atoms with Crippen LogP contribution in [-0.2, 0) is 6.54 Å². The molecule has 1 heterocycles. The maximum Gasteiger partial charge on any atom is 0.317 e. The lowest BCUT2D eigenvalue weighted by Gasteiger charge is -2.22. The first-order valence-corrected chi connectivity index (χ1v) is 8.57. The van der Waals surface area contributed by atoms with Gasteiger partial charge in [-0.2, -0.15) is 0 Å². The van der Waals surface area contributed by atoms with E-state index >= 15 is 0 Å². The van der Waals surface area contributed by atoms with Crippen molar-refractivity contribution in [3.05, 3.63) is 36.0 Å². The number of amides is 2. The van der Waals surface area contributed by atoms with Crippen LogP contribution in [0, 0.1) is 12.8 Å². The Morgan fingerprint density at radius 2 is 1.96 bits per heavy atom. The summed E-state index contributed by atoms with van der Waals surface area (Å²) in [5, 5.41) is 4.27. The van der Waals surface area contributed by atoms with E-state index in [1.165, 1.54) is 16.6 Å². The van der Waals surface area contributed by atoms with Crippen molar-refractivity contribution in [3.8, 4) is 0 Å². The zero-order valence-electron chi connectivity index (χ0n) is 15.5. The average molecular weight is 330 g/mol. The number of aryl methyl sites for hydroxylation is 1. The van der Waals surface area contributed by atoms with Crippen LogP contribution in [0.5, 0.6) is 0 Å². The summed E-state index contributed by atoms with van der Waals surface area (Å²) in [6, 6.07) is 10.6. The Hall–Kier alpha value is -2.01. The molecular formula is C19H30N4O. The lowest BCUT2D eigenvalue weighted by Crippen LogP contribution is -2.41. The monoisotopic (exact) mass is 330 g/mol. The summed E-state index contributed by atoms with van der Waals surface area (Å²) in [7, 11) is 5.95. The lowest BCUT2D eigenvalue weighted by atomic mass is 10.2. The predicted molar refractivity (Wildman–Crippen MR) is 100 cm³/mol. The van der Waals surface area contributed by atoms with Crippen LogP contribution in [0.2, 0.25) is 0 Å². The van der Waals surface area contributed by atoms with Crippen molar-refractivity contribution >= 4 is 16.9 Å². The number of carbonyl (C=O) groups excluding carboxylic acids is 1. The van der Waals surface area contributed by atoms with Gasteiger partial charge in [0.05, 0.1) is 0 Å². The van der Waals surface area contributed by atoms with E-state index in [9.17, 15) is 4.79 Å². The summed E-state index contributed by atoms with van der Waals surface area (Å²) in [4.78, 5) is 16.1. The topological polar surface area (TPSA) is 40.5 Å². The molecule has 1 aromatic carbocycles. The molecule has 2 rings (SSSR count). The van der Waals surface area contributed by atoms with E-state index in [1.54, 1.807) is 4.90 Å². The molecule has 132 valence electrons. The van der Waals surface area contributed by atoms with Crippen LogP contribution in [0.15, 0.2) is 30.3 Å². The van der Waals surface area contributed by atoms with Crippen molar-refractivity contribution in [3.63, 3.8) is 0 Å².